The number of hydrogen-bond donors (Lipinski definition) is 0. The van der Waals surface area contributed by atoms with E-state index in [9.17, 15) is 4.79 Å². The fourth-order valence-electron chi connectivity index (χ4n) is 2.90. The van der Waals surface area contributed by atoms with Gasteiger partial charge in [-0.15, -0.1) is 11.3 Å². The third-order valence-corrected chi connectivity index (χ3v) is 5.72. The molecule has 2 heterocycles. The Morgan fingerprint density at radius 3 is 3.05 bits per heavy atom. The molecule has 0 saturated heterocycles. The van der Waals surface area contributed by atoms with Crippen molar-refractivity contribution in [1.29, 1.82) is 0 Å². The zero-order valence-corrected chi connectivity index (χ0v) is 14.8. The molecule has 1 aromatic heterocycles. The lowest BCUT2D eigenvalue weighted by atomic mass is 9.97. The molecule has 5 heteroatoms. The van der Waals surface area contributed by atoms with E-state index in [4.69, 9.17) is 11.6 Å². The minimum atomic E-state index is 0.0185. The molecule has 1 atom stereocenters. The van der Waals surface area contributed by atoms with Crippen LogP contribution in [-0.2, 0) is 6.42 Å². The maximum Gasteiger partial charge on any atom is 0.255 e. The quantitative estimate of drug-likeness (QED) is 0.687. The average Bonchev–Trinajstić information content (AvgIpc) is 2.96. The summed E-state index contributed by atoms with van der Waals surface area (Å²) in [6, 6.07) is 7.72. The van der Waals surface area contributed by atoms with E-state index in [1.165, 1.54) is 10.4 Å². The number of hydrogen-bond acceptors (Lipinski definition) is 2. The molecule has 3 rings (SSSR count). The molecule has 1 aliphatic heterocycles. The Balaban J connectivity index is 1.96. The second kappa shape index (κ2) is 6.11. The average molecular weight is 385 g/mol. The number of benzene rings is 1. The molecule has 1 aliphatic rings. The van der Waals surface area contributed by atoms with Crippen molar-refractivity contribution in [2.24, 2.45) is 0 Å². The molecular formula is C16H15BrClNOS. The van der Waals surface area contributed by atoms with Gasteiger partial charge in [-0.2, -0.15) is 0 Å². The van der Waals surface area contributed by atoms with E-state index in [1.54, 1.807) is 23.5 Å². The van der Waals surface area contributed by atoms with Crippen molar-refractivity contribution in [2.75, 3.05) is 6.54 Å². The molecule has 0 bridgehead atoms. The van der Waals surface area contributed by atoms with Crippen LogP contribution in [0.3, 0.4) is 0 Å². The number of halogens is 2. The normalized spacial score (nSPS) is 17.7. The largest absolute Gasteiger partial charge is 0.331 e. The lowest BCUT2D eigenvalue weighted by molar-refractivity contribution is 0.0657. The summed E-state index contributed by atoms with van der Waals surface area (Å²) in [4.78, 5) is 16.3. The minimum absolute atomic E-state index is 0.0185. The Morgan fingerprint density at radius 1 is 1.48 bits per heavy atom. The molecule has 0 fully saturated rings. The summed E-state index contributed by atoms with van der Waals surface area (Å²) in [6.45, 7) is 2.88. The molecule has 1 aromatic carbocycles. The van der Waals surface area contributed by atoms with E-state index in [2.05, 4.69) is 34.3 Å². The van der Waals surface area contributed by atoms with Crippen LogP contribution in [0.25, 0.3) is 0 Å². The van der Waals surface area contributed by atoms with Crippen LogP contribution in [0.15, 0.2) is 34.1 Å². The van der Waals surface area contributed by atoms with Crippen LogP contribution in [0.5, 0.6) is 0 Å². The molecule has 0 aliphatic carbocycles. The van der Waals surface area contributed by atoms with Crippen molar-refractivity contribution in [1.82, 2.24) is 4.90 Å². The summed E-state index contributed by atoms with van der Waals surface area (Å²) in [7, 11) is 0. The van der Waals surface area contributed by atoms with Gasteiger partial charge in [0.15, 0.2) is 0 Å². The minimum Gasteiger partial charge on any atom is -0.331 e. The number of fused-ring (bicyclic) bond motifs is 1. The highest BCUT2D eigenvalue weighted by molar-refractivity contribution is 9.10. The Morgan fingerprint density at radius 2 is 2.29 bits per heavy atom. The van der Waals surface area contributed by atoms with Gasteiger partial charge in [-0.1, -0.05) is 34.5 Å². The monoisotopic (exact) mass is 383 g/mol. The first kappa shape index (κ1) is 15.1. The van der Waals surface area contributed by atoms with Crippen LogP contribution >= 0.6 is 38.9 Å². The van der Waals surface area contributed by atoms with E-state index in [1.807, 2.05) is 11.0 Å². The predicted octanol–water partition coefficient (Wildman–Crippen LogP) is 5.31. The van der Waals surface area contributed by atoms with Gasteiger partial charge in [0.05, 0.1) is 16.6 Å². The number of rotatable bonds is 2. The SMILES string of the molecule is CCC1c2ccsc2CCN1C(=O)c1cc(Br)ccc1Cl. The van der Waals surface area contributed by atoms with Gasteiger partial charge >= 0.3 is 0 Å². The van der Waals surface area contributed by atoms with Crippen molar-refractivity contribution in [3.63, 3.8) is 0 Å². The number of amides is 1. The van der Waals surface area contributed by atoms with Crippen LogP contribution in [0, 0.1) is 0 Å². The molecule has 2 nitrogen and oxygen atoms in total. The summed E-state index contributed by atoms with van der Waals surface area (Å²) in [5.41, 5.74) is 1.87. The van der Waals surface area contributed by atoms with E-state index in [-0.39, 0.29) is 11.9 Å². The Labute approximate surface area is 141 Å². The summed E-state index contributed by atoms with van der Waals surface area (Å²) in [5.74, 6) is 0.0185. The van der Waals surface area contributed by atoms with E-state index < -0.39 is 0 Å². The van der Waals surface area contributed by atoms with Gasteiger partial charge in [-0.3, -0.25) is 4.79 Å². The highest BCUT2D eigenvalue weighted by Gasteiger charge is 2.31. The molecule has 110 valence electrons. The van der Waals surface area contributed by atoms with Crippen LogP contribution < -0.4 is 0 Å². The van der Waals surface area contributed by atoms with Crippen molar-refractivity contribution < 1.29 is 4.79 Å². The first-order valence-electron chi connectivity index (χ1n) is 6.94. The molecule has 1 unspecified atom stereocenters. The van der Waals surface area contributed by atoms with Crippen LogP contribution in [0.2, 0.25) is 5.02 Å². The van der Waals surface area contributed by atoms with E-state index >= 15 is 0 Å². The van der Waals surface area contributed by atoms with Gasteiger partial charge in [-0.25, -0.2) is 0 Å². The zero-order valence-electron chi connectivity index (χ0n) is 11.6. The molecule has 0 radical (unpaired) electrons. The van der Waals surface area contributed by atoms with Crippen molar-refractivity contribution in [3.8, 4) is 0 Å². The van der Waals surface area contributed by atoms with Crippen molar-refractivity contribution in [2.45, 2.75) is 25.8 Å². The fourth-order valence-corrected chi connectivity index (χ4v) is 4.38. The number of carbonyl (C=O) groups excluding carboxylic acids is 1. The van der Waals surface area contributed by atoms with Gasteiger partial charge in [-0.05, 0) is 48.1 Å². The summed E-state index contributed by atoms with van der Waals surface area (Å²) in [5, 5.41) is 2.63. The lowest BCUT2D eigenvalue weighted by Crippen LogP contribution is -2.39. The molecule has 0 spiro atoms. The number of carbonyl (C=O) groups is 1. The van der Waals surface area contributed by atoms with Gasteiger partial charge in [0.1, 0.15) is 0 Å². The molecule has 1 amide bonds. The highest BCUT2D eigenvalue weighted by atomic mass is 79.9. The van der Waals surface area contributed by atoms with Gasteiger partial charge < -0.3 is 4.90 Å². The third-order valence-electron chi connectivity index (χ3n) is 3.90. The van der Waals surface area contributed by atoms with E-state index in [0.29, 0.717) is 10.6 Å². The first-order chi connectivity index (χ1) is 10.1. The standard InChI is InChI=1S/C16H15BrClNOS/c1-2-14-11-6-8-21-15(11)5-7-19(14)16(20)12-9-10(17)3-4-13(12)18/h3-4,6,8-9,14H,2,5,7H2,1H3. The van der Waals surface area contributed by atoms with Crippen molar-refractivity contribution in [3.05, 3.63) is 55.1 Å². The summed E-state index contributed by atoms with van der Waals surface area (Å²) >= 11 is 11.4. The Bertz CT molecular complexity index is 685. The fraction of sp³-hybridized carbons (Fsp3) is 0.312. The number of thiophene rings is 1. The molecular weight excluding hydrogens is 370 g/mol. The van der Waals surface area contributed by atoms with Crippen LogP contribution in [-0.4, -0.2) is 17.4 Å². The van der Waals surface area contributed by atoms with Crippen LogP contribution in [0.4, 0.5) is 0 Å². The summed E-state index contributed by atoms with van der Waals surface area (Å²) < 4.78 is 0.872. The second-order valence-electron chi connectivity index (χ2n) is 5.10. The summed E-state index contributed by atoms with van der Waals surface area (Å²) in [6.07, 6.45) is 1.85. The topological polar surface area (TPSA) is 20.3 Å². The van der Waals surface area contributed by atoms with Crippen molar-refractivity contribution >= 4 is 44.8 Å². The molecule has 0 N–H and O–H groups in total. The maximum atomic E-state index is 12.9. The lowest BCUT2D eigenvalue weighted by Gasteiger charge is -2.35. The van der Waals surface area contributed by atoms with Gasteiger partial charge in [0.25, 0.3) is 5.91 Å². The first-order valence-corrected chi connectivity index (χ1v) is 8.99. The molecule has 2 aromatic rings. The number of nitrogens with zero attached hydrogens (tertiary/aromatic N) is 1. The smallest absolute Gasteiger partial charge is 0.255 e. The molecule has 0 saturated carbocycles. The Kier molecular flexibility index (Phi) is 4.38. The predicted molar refractivity (Wildman–Crippen MR) is 91.2 cm³/mol. The van der Waals surface area contributed by atoms with E-state index in [0.717, 1.165) is 23.9 Å². The van der Waals surface area contributed by atoms with Crippen LogP contribution in [0.1, 0.15) is 40.2 Å². The highest BCUT2D eigenvalue weighted by Crippen LogP contribution is 2.36. The van der Waals surface area contributed by atoms with Gasteiger partial charge in [0.2, 0.25) is 0 Å². The third kappa shape index (κ3) is 2.77. The molecule has 21 heavy (non-hydrogen) atoms. The second-order valence-corrected chi connectivity index (χ2v) is 7.42. The zero-order chi connectivity index (χ0) is 15.0. The van der Waals surface area contributed by atoms with Gasteiger partial charge in [0, 0.05) is 15.9 Å². The maximum absolute atomic E-state index is 12.9. The Hall–Kier alpha value is -0.840.